The third kappa shape index (κ3) is 3.38. The first-order valence-corrected chi connectivity index (χ1v) is 11.4. The van der Waals surface area contributed by atoms with Gasteiger partial charge in [-0.05, 0) is 60.3 Å². The van der Waals surface area contributed by atoms with Crippen LogP contribution in [0.5, 0.6) is 0 Å². The Labute approximate surface area is 192 Å². The summed E-state index contributed by atoms with van der Waals surface area (Å²) < 4.78 is 7.17. The second-order valence-corrected chi connectivity index (χ2v) is 9.31. The summed E-state index contributed by atoms with van der Waals surface area (Å²) in [7, 11) is 2.14. The number of benzene rings is 3. The van der Waals surface area contributed by atoms with Gasteiger partial charge in [0.15, 0.2) is 5.43 Å². The van der Waals surface area contributed by atoms with Crippen LogP contribution in [0.25, 0.3) is 44.1 Å². The fourth-order valence-electron chi connectivity index (χ4n) is 4.33. The van der Waals surface area contributed by atoms with Crippen LogP contribution in [0.3, 0.4) is 0 Å². The van der Waals surface area contributed by atoms with Crippen LogP contribution >= 0.6 is 15.9 Å². The molecule has 6 rings (SSSR count). The predicted octanol–water partition coefficient (Wildman–Crippen LogP) is 5.00. The number of piperazine rings is 1. The van der Waals surface area contributed by atoms with Crippen LogP contribution in [0, 0.1) is 0 Å². The van der Waals surface area contributed by atoms with Crippen molar-refractivity contribution in [1.29, 1.82) is 0 Å². The van der Waals surface area contributed by atoms with Gasteiger partial charge in [-0.1, -0.05) is 22.0 Å². The van der Waals surface area contributed by atoms with Gasteiger partial charge in [-0.2, -0.15) is 0 Å². The third-order valence-corrected chi connectivity index (χ3v) is 6.70. The van der Waals surface area contributed by atoms with E-state index in [1.54, 1.807) is 6.07 Å². The number of hydrogen-bond donors (Lipinski definition) is 1. The summed E-state index contributed by atoms with van der Waals surface area (Å²) in [5.74, 6) is 1.44. The lowest BCUT2D eigenvalue weighted by atomic mass is 10.1. The molecule has 0 spiro atoms. The molecule has 0 atom stereocenters. The quantitative estimate of drug-likeness (QED) is 0.354. The Bertz CT molecular complexity index is 1550. The lowest BCUT2D eigenvalue weighted by molar-refractivity contribution is 0.311. The van der Waals surface area contributed by atoms with Gasteiger partial charge in [0.2, 0.25) is 5.95 Å². The molecular weight excluding hydrogens is 468 g/mol. The van der Waals surface area contributed by atoms with E-state index < -0.39 is 0 Å². The molecule has 1 N–H and O–H groups in total. The van der Waals surface area contributed by atoms with Crippen molar-refractivity contribution < 1.29 is 4.42 Å². The van der Waals surface area contributed by atoms with E-state index in [1.807, 2.05) is 48.5 Å². The summed E-state index contributed by atoms with van der Waals surface area (Å²) in [6.07, 6.45) is 0. The molecule has 0 amide bonds. The van der Waals surface area contributed by atoms with Crippen molar-refractivity contribution in [1.82, 2.24) is 14.9 Å². The van der Waals surface area contributed by atoms with E-state index >= 15 is 0 Å². The largest absolute Gasteiger partial charge is 0.456 e. The number of imidazole rings is 1. The van der Waals surface area contributed by atoms with Gasteiger partial charge in [-0.15, -0.1) is 0 Å². The van der Waals surface area contributed by atoms with E-state index in [9.17, 15) is 4.79 Å². The molecule has 160 valence electrons. The minimum absolute atomic E-state index is 0.0500. The zero-order chi connectivity index (χ0) is 21.8. The van der Waals surface area contributed by atoms with E-state index in [4.69, 9.17) is 9.40 Å². The van der Waals surface area contributed by atoms with E-state index in [1.165, 1.54) is 0 Å². The molecule has 0 unspecified atom stereocenters. The average molecular weight is 489 g/mol. The second kappa shape index (κ2) is 7.46. The molecule has 6 nitrogen and oxygen atoms in total. The summed E-state index contributed by atoms with van der Waals surface area (Å²) in [5, 5.41) is 2.61. The molecule has 32 heavy (non-hydrogen) atoms. The number of nitrogens with one attached hydrogen (secondary N) is 1. The van der Waals surface area contributed by atoms with Crippen molar-refractivity contribution in [2.75, 3.05) is 38.1 Å². The fourth-order valence-corrected chi connectivity index (χ4v) is 4.71. The highest BCUT2D eigenvalue weighted by Gasteiger charge is 2.18. The van der Waals surface area contributed by atoms with Crippen molar-refractivity contribution in [2.24, 2.45) is 0 Å². The molecule has 0 bridgehead atoms. The highest BCUT2D eigenvalue weighted by molar-refractivity contribution is 9.10. The fraction of sp³-hybridized carbons (Fsp3) is 0.200. The zero-order valence-corrected chi connectivity index (χ0v) is 19.1. The first-order valence-electron chi connectivity index (χ1n) is 10.6. The molecule has 5 aromatic rings. The minimum Gasteiger partial charge on any atom is -0.456 e. The topological polar surface area (TPSA) is 65.4 Å². The summed E-state index contributed by atoms with van der Waals surface area (Å²) in [4.78, 5) is 25.7. The number of anilines is 1. The highest BCUT2D eigenvalue weighted by Crippen LogP contribution is 2.29. The van der Waals surface area contributed by atoms with E-state index in [0.717, 1.165) is 64.0 Å². The molecule has 2 aromatic heterocycles. The average Bonchev–Trinajstić information content (AvgIpc) is 3.22. The smallest absolute Gasteiger partial charge is 0.203 e. The van der Waals surface area contributed by atoms with Crippen LogP contribution in [0.15, 0.2) is 68.3 Å². The number of nitrogens with zero attached hydrogens (tertiary/aromatic N) is 3. The summed E-state index contributed by atoms with van der Waals surface area (Å²) in [6, 6.07) is 17.3. The molecule has 1 saturated heterocycles. The molecule has 1 fully saturated rings. The Morgan fingerprint density at radius 2 is 1.81 bits per heavy atom. The monoisotopic (exact) mass is 488 g/mol. The maximum atomic E-state index is 12.9. The minimum atomic E-state index is -0.0500. The van der Waals surface area contributed by atoms with Gasteiger partial charge < -0.3 is 19.2 Å². The van der Waals surface area contributed by atoms with Crippen molar-refractivity contribution in [3.63, 3.8) is 0 Å². The maximum absolute atomic E-state index is 12.9. The number of likely N-dealkylation sites (N-methyl/N-ethyl adjacent to an activating group) is 1. The summed E-state index contributed by atoms with van der Waals surface area (Å²) in [5.41, 5.74) is 3.22. The molecule has 3 aromatic carbocycles. The Kier molecular flexibility index (Phi) is 4.55. The number of halogens is 1. The van der Waals surface area contributed by atoms with Gasteiger partial charge in [0.1, 0.15) is 11.3 Å². The number of fused-ring (bicyclic) bond motifs is 3. The SMILES string of the molecule is CN1CCN(c2nc3ccc(-c4cc(=O)c5cc6cc(Br)ccc6cc5o4)cc3[nH]2)CC1. The maximum Gasteiger partial charge on any atom is 0.203 e. The van der Waals surface area contributed by atoms with E-state index in [2.05, 4.69) is 37.8 Å². The van der Waals surface area contributed by atoms with Gasteiger partial charge in [0.05, 0.1) is 16.4 Å². The number of aromatic nitrogens is 2. The molecule has 3 heterocycles. The van der Waals surface area contributed by atoms with E-state index in [0.29, 0.717) is 16.7 Å². The lowest BCUT2D eigenvalue weighted by Gasteiger charge is -2.32. The summed E-state index contributed by atoms with van der Waals surface area (Å²) >= 11 is 3.49. The second-order valence-electron chi connectivity index (χ2n) is 8.40. The Balaban J connectivity index is 1.42. The van der Waals surface area contributed by atoms with Crippen LogP contribution in [-0.2, 0) is 0 Å². The van der Waals surface area contributed by atoms with Crippen molar-refractivity contribution in [2.45, 2.75) is 0 Å². The Hall–Kier alpha value is -3.16. The molecular formula is C25H21BrN4O2. The number of rotatable bonds is 2. The third-order valence-electron chi connectivity index (χ3n) is 6.20. The number of H-pyrrole nitrogens is 1. The first kappa shape index (κ1) is 19.5. The number of hydrogen-bond acceptors (Lipinski definition) is 5. The van der Waals surface area contributed by atoms with Gasteiger partial charge in [0, 0.05) is 42.3 Å². The summed E-state index contributed by atoms with van der Waals surface area (Å²) in [6.45, 7) is 3.95. The van der Waals surface area contributed by atoms with Gasteiger partial charge >= 0.3 is 0 Å². The number of aromatic amines is 1. The first-order chi connectivity index (χ1) is 15.5. The van der Waals surface area contributed by atoms with Crippen molar-refractivity contribution in [3.8, 4) is 11.3 Å². The van der Waals surface area contributed by atoms with Crippen LogP contribution < -0.4 is 10.3 Å². The predicted molar refractivity (Wildman–Crippen MR) is 132 cm³/mol. The van der Waals surface area contributed by atoms with E-state index in [-0.39, 0.29) is 5.43 Å². The lowest BCUT2D eigenvalue weighted by Crippen LogP contribution is -2.44. The highest BCUT2D eigenvalue weighted by atomic mass is 79.9. The van der Waals surface area contributed by atoms with Crippen LogP contribution in [0.1, 0.15) is 0 Å². The molecule has 7 heteroatoms. The van der Waals surface area contributed by atoms with Crippen molar-refractivity contribution in [3.05, 3.63) is 69.3 Å². The molecule has 1 aliphatic heterocycles. The standard InChI is InChI=1S/C25H21BrN4O2/c1-29-6-8-30(9-7-29)25-27-20-5-3-16(12-21(20)28-25)23-14-22(31)19-11-17-10-18(26)4-2-15(17)13-24(19)32-23/h2-5,10-14H,6-9H2,1H3,(H,27,28). The normalized spacial score (nSPS) is 15.2. The molecule has 1 aliphatic rings. The molecule has 0 saturated carbocycles. The zero-order valence-electron chi connectivity index (χ0n) is 17.6. The Morgan fingerprint density at radius 3 is 2.66 bits per heavy atom. The van der Waals surface area contributed by atoms with Gasteiger partial charge in [-0.25, -0.2) is 4.98 Å². The van der Waals surface area contributed by atoms with Crippen LogP contribution in [0.4, 0.5) is 5.95 Å². The van der Waals surface area contributed by atoms with Crippen LogP contribution in [0.2, 0.25) is 0 Å². The van der Waals surface area contributed by atoms with Gasteiger partial charge in [0.25, 0.3) is 0 Å². The Morgan fingerprint density at radius 1 is 0.969 bits per heavy atom. The molecule has 0 radical (unpaired) electrons. The molecule has 0 aliphatic carbocycles. The van der Waals surface area contributed by atoms with Crippen molar-refractivity contribution >= 4 is 54.7 Å². The van der Waals surface area contributed by atoms with Gasteiger partial charge in [-0.3, -0.25) is 4.79 Å². The van der Waals surface area contributed by atoms with Crippen LogP contribution in [-0.4, -0.2) is 48.1 Å².